The van der Waals surface area contributed by atoms with Gasteiger partial charge < -0.3 is 18.9 Å². The number of hydrogen-bond donors (Lipinski definition) is 1. The van der Waals surface area contributed by atoms with Crippen LogP contribution < -0.4 is 0 Å². The lowest BCUT2D eigenvalue weighted by Gasteiger charge is -2.24. The molecule has 0 spiro atoms. The topological polar surface area (TPSA) is 91.3 Å². The Morgan fingerprint density at radius 1 is 0.571 bits per heavy atom. The Labute approximate surface area is 344 Å². The van der Waals surface area contributed by atoms with Crippen molar-refractivity contribution in [2.45, 2.75) is 155 Å². The zero-order valence-corrected chi connectivity index (χ0v) is 37.2. The minimum atomic E-state index is -4.28. The van der Waals surface area contributed by atoms with Crippen molar-refractivity contribution in [2.75, 3.05) is 54.1 Å². The number of hydrogen-bond acceptors (Lipinski definition) is 6. The molecule has 2 atom stereocenters. The Morgan fingerprint density at radius 2 is 1.04 bits per heavy atom. The molecule has 8 nitrogen and oxygen atoms in total. The molecular weight excluding hydrogens is 721 g/mol. The van der Waals surface area contributed by atoms with Crippen LogP contribution in [0.15, 0.2) is 85.1 Å². The van der Waals surface area contributed by atoms with Crippen LogP contribution in [0.1, 0.15) is 149 Å². The largest absolute Gasteiger partial charge is 0.472 e. The number of carbonyl (C=O) groups is 1. The summed E-state index contributed by atoms with van der Waals surface area (Å²) in [6.07, 6.45) is 52.0. The van der Waals surface area contributed by atoms with Crippen molar-refractivity contribution in [3.8, 4) is 0 Å². The van der Waals surface area contributed by atoms with Gasteiger partial charge in [-0.15, -0.1) is 0 Å². The Balaban J connectivity index is 4.22. The third-order valence-corrected chi connectivity index (χ3v) is 9.66. The smallest absolute Gasteiger partial charge is 0.457 e. The summed E-state index contributed by atoms with van der Waals surface area (Å²) in [5, 5.41) is 0. The van der Waals surface area contributed by atoms with Gasteiger partial charge in [0.05, 0.1) is 34.4 Å². The van der Waals surface area contributed by atoms with Crippen LogP contribution in [0.25, 0.3) is 0 Å². The summed E-state index contributed by atoms with van der Waals surface area (Å²) in [5.41, 5.74) is 0. The van der Waals surface area contributed by atoms with E-state index >= 15 is 0 Å². The van der Waals surface area contributed by atoms with E-state index in [2.05, 4.69) is 98.9 Å². The number of unbranched alkanes of at least 4 members (excludes halogenated alkanes) is 11. The number of phosphoric ester groups is 1. The number of likely N-dealkylation sites (N-methyl/N-ethyl adjacent to an activating group) is 1. The van der Waals surface area contributed by atoms with Gasteiger partial charge in [0.1, 0.15) is 19.3 Å². The first-order chi connectivity index (χ1) is 27.1. The minimum absolute atomic E-state index is 0.0780. The molecule has 0 heterocycles. The Kier molecular flexibility index (Phi) is 37.9. The van der Waals surface area contributed by atoms with Crippen molar-refractivity contribution in [3.05, 3.63) is 85.1 Å². The van der Waals surface area contributed by atoms with Crippen molar-refractivity contribution in [3.63, 3.8) is 0 Å². The molecule has 322 valence electrons. The fourth-order valence-electron chi connectivity index (χ4n) is 5.32. The molecule has 0 aromatic carbocycles. The van der Waals surface area contributed by atoms with Crippen LogP contribution in [-0.2, 0) is 27.9 Å². The average Bonchev–Trinajstić information content (AvgIpc) is 3.15. The summed E-state index contributed by atoms with van der Waals surface area (Å²) in [7, 11) is 1.63. The first-order valence-electron chi connectivity index (χ1n) is 21.8. The van der Waals surface area contributed by atoms with Crippen LogP contribution in [0, 0.1) is 0 Å². The molecule has 0 aliphatic rings. The second kappa shape index (κ2) is 39.5. The number of ether oxygens (including phenoxy) is 2. The van der Waals surface area contributed by atoms with Crippen molar-refractivity contribution < 1.29 is 37.3 Å². The van der Waals surface area contributed by atoms with Crippen LogP contribution in [0.2, 0.25) is 0 Å². The summed E-state index contributed by atoms with van der Waals surface area (Å²) in [6, 6.07) is 0. The summed E-state index contributed by atoms with van der Waals surface area (Å²) in [6.45, 7) is 5.35. The Morgan fingerprint density at radius 3 is 1.57 bits per heavy atom. The maximum Gasteiger partial charge on any atom is 0.472 e. The lowest BCUT2D eigenvalue weighted by Crippen LogP contribution is -2.37. The zero-order chi connectivity index (χ0) is 41.3. The second-order valence-electron chi connectivity index (χ2n) is 15.3. The Hall–Kier alpha value is -2.32. The third kappa shape index (κ3) is 42.8. The third-order valence-electron chi connectivity index (χ3n) is 8.67. The number of rotatable bonds is 39. The highest BCUT2D eigenvalue weighted by Gasteiger charge is 2.26. The highest BCUT2D eigenvalue weighted by Crippen LogP contribution is 2.43. The summed E-state index contributed by atoms with van der Waals surface area (Å²) in [4.78, 5) is 22.8. The molecule has 56 heavy (non-hydrogen) atoms. The van der Waals surface area contributed by atoms with E-state index in [1.54, 1.807) is 0 Å². The molecule has 0 bridgehead atoms. The molecule has 0 radical (unpaired) electrons. The molecule has 0 fully saturated rings. The van der Waals surface area contributed by atoms with Gasteiger partial charge in [-0.2, -0.15) is 0 Å². The normalized spacial score (nSPS) is 14.6. The van der Waals surface area contributed by atoms with Gasteiger partial charge in [0, 0.05) is 13.0 Å². The quantitative estimate of drug-likeness (QED) is 0.0217. The number of quaternary nitrogens is 1. The van der Waals surface area contributed by atoms with Gasteiger partial charge in [-0.05, 0) is 83.5 Å². The zero-order valence-electron chi connectivity index (χ0n) is 36.3. The fourth-order valence-corrected chi connectivity index (χ4v) is 6.06. The molecule has 0 aromatic rings. The van der Waals surface area contributed by atoms with Gasteiger partial charge in [0.25, 0.3) is 0 Å². The molecule has 0 aromatic heterocycles. The molecule has 0 aliphatic heterocycles. The Bertz CT molecular complexity index is 1170. The van der Waals surface area contributed by atoms with Crippen LogP contribution in [0.5, 0.6) is 0 Å². The average molecular weight is 805 g/mol. The number of nitrogens with zero attached hydrogens (tertiary/aromatic N) is 1. The van der Waals surface area contributed by atoms with Gasteiger partial charge in [0.15, 0.2) is 0 Å². The molecule has 1 N–H and O–H groups in total. The van der Waals surface area contributed by atoms with E-state index in [9.17, 15) is 14.3 Å². The first kappa shape index (κ1) is 53.7. The predicted molar refractivity (Wildman–Crippen MR) is 238 cm³/mol. The van der Waals surface area contributed by atoms with E-state index < -0.39 is 13.9 Å². The van der Waals surface area contributed by atoms with Gasteiger partial charge in [-0.25, -0.2) is 4.57 Å². The lowest BCUT2D eigenvalue weighted by molar-refractivity contribution is -0.870. The highest BCUT2D eigenvalue weighted by molar-refractivity contribution is 7.47. The first-order valence-corrected chi connectivity index (χ1v) is 23.3. The molecule has 0 saturated carbocycles. The molecular formula is C47H83NO7P+. The van der Waals surface area contributed by atoms with Crippen LogP contribution in [0.3, 0.4) is 0 Å². The van der Waals surface area contributed by atoms with E-state index in [-0.39, 0.29) is 25.8 Å². The second-order valence-corrected chi connectivity index (χ2v) is 16.8. The SMILES string of the molecule is CC/C=C\C/C=C\C/C=C\C/C=C\C/C=C\C/C=C\CCCCCCCOCC(COP(=O)(O)OCC[N+](C)(C)C)OC(=O)CCCCCCC/C=C\CCC. The molecule has 0 aliphatic carbocycles. The van der Waals surface area contributed by atoms with E-state index in [1.165, 1.54) is 25.7 Å². The van der Waals surface area contributed by atoms with Crippen molar-refractivity contribution >= 4 is 13.8 Å². The van der Waals surface area contributed by atoms with Crippen molar-refractivity contribution in [1.29, 1.82) is 0 Å². The van der Waals surface area contributed by atoms with E-state index in [1.807, 2.05) is 21.1 Å². The van der Waals surface area contributed by atoms with Crippen molar-refractivity contribution in [1.82, 2.24) is 0 Å². The van der Waals surface area contributed by atoms with E-state index in [0.717, 1.165) is 103 Å². The van der Waals surface area contributed by atoms with Gasteiger partial charge >= 0.3 is 13.8 Å². The molecule has 0 amide bonds. The number of carbonyl (C=O) groups excluding carboxylic acids is 1. The standard InChI is InChI=1S/C47H82NO7P/c1-6-8-10-12-14-16-18-19-20-21-22-23-24-25-26-27-28-29-30-31-33-35-37-39-42-52-44-46(45-54-56(50,51)53-43-41-48(3,4)5)55-47(49)40-38-36-34-32-17-15-13-11-9-7-2/h8,10-11,13-14,16,19-20,22-23,25-26,28-29,46H,6-7,9,12,15,17-18,21,24,27,30-45H2,1-5H3/p+1/b10-8-,13-11-,16-14-,20-19-,23-22-,26-25-,29-28-. The summed E-state index contributed by atoms with van der Waals surface area (Å²) < 4.78 is 34.9. The van der Waals surface area contributed by atoms with Gasteiger partial charge in [-0.3, -0.25) is 13.8 Å². The van der Waals surface area contributed by atoms with Gasteiger partial charge in [-0.1, -0.05) is 144 Å². The molecule has 0 rings (SSSR count). The molecule has 2 unspecified atom stereocenters. The fraction of sp³-hybridized carbons (Fsp3) is 0.681. The number of phosphoric acid groups is 1. The predicted octanol–water partition coefficient (Wildman–Crippen LogP) is 12.9. The summed E-state index contributed by atoms with van der Waals surface area (Å²) in [5.74, 6) is -0.338. The number of allylic oxidation sites excluding steroid dienone is 14. The van der Waals surface area contributed by atoms with Crippen molar-refractivity contribution in [2.24, 2.45) is 0 Å². The van der Waals surface area contributed by atoms with Crippen LogP contribution >= 0.6 is 7.82 Å². The van der Waals surface area contributed by atoms with Crippen LogP contribution in [-0.4, -0.2) is 75.6 Å². The van der Waals surface area contributed by atoms with Gasteiger partial charge in [0.2, 0.25) is 0 Å². The summed E-state index contributed by atoms with van der Waals surface area (Å²) >= 11 is 0. The highest BCUT2D eigenvalue weighted by atomic mass is 31.2. The minimum Gasteiger partial charge on any atom is -0.457 e. The van der Waals surface area contributed by atoms with Crippen LogP contribution in [0.4, 0.5) is 0 Å². The molecule has 0 saturated heterocycles. The number of esters is 1. The maximum atomic E-state index is 12.6. The van der Waals surface area contributed by atoms with E-state index in [4.69, 9.17) is 18.5 Å². The monoisotopic (exact) mass is 805 g/mol. The van der Waals surface area contributed by atoms with E-state index in [0.29, 0.717) is 24.1 Å². The molecule has 9 heteroatoms. The maximum absolute atomic E-state index is 12.6. The lowest BCUT2D eigenvalue weighted by atomic mass is 10.1.